The zero-order valence-corrected chi connectivity index (χ0v) is 8.46. The SMILES string of the molecule is O=C1OC(c2cccnc2)c2ccccc21. The van der Waals surface area contributed by atoms with Gasteiger partial charge in [-0.05, 0) is 12.1 Å². The molecule has 3 rings (SSSR count). The minimum Gasteiger partial charge on any atom is -0.449 e. The summed E-state index contributed by atoms with van der Waals surface area (Å²) in [5.74, 6) is -0.260. The van der Waals surface area contributed by atoms with Crippen molar-refractivity contribution in [2.45, 2.75) is 6.10 Å². The fraction of sp³-hybridized carbons (Fsp3) is 0.0769. The molecular formula is C13H9NO2. The molecule has 0 radical (unpaired) electrons. The van der Waals surface area contributed by atoms with Crippen molar-refractivity contribution < 1.29 is 9.53 Å². The first-order valence-corrected chi connectivity index (χ1v) is 5.06. The van der Waals surface area contributed by atoms with E-state index in [1.54, 1.807) is 18.5 Å². The first kappa shape index (κ1) is 9.09. The molecule has 16 heavy (non-hydrogen) atoms. The molecule has 0 fully saturated rings. The van der Waals surface area contributed by atoms with E-state index in [0.29, 0.717) is 5.56 Å². The van der Waals surface area contributed by atoms with Crippen LogP contribution in [0.1, 0.15) is 27.6 Å². The topological polar surface area (TPSA) is 39.2 Å². The van der Waals surface area contributed by atoms with Crippen LogP contribution >= 0.6 is 0 Å². The second-order valence-corrected chi connectivity index (χ2v) is 3.66. The molecule has 0 saturated heterocycles. The predicted octanol–water partition coefficient (Wildman–Crippen LogP) is 2.34. The van der Waals surface area contributed by atoms with E-state index >= 15 is 0 Å². The van der Waals surface area contributed by atoms with Crippen molar-refractivity contribution in [1.82, 2.24) is 4.98 Å². The van der Waals surface area contributed by atoms with Gasteiger partial charge in [0.15, 0.2) is 6.10 Å². The van der Waals surface area contributed by atoms with Gasteiger partial charge in [0.05, 0.1) is 5.56 Å². The molecule has 1 aliphatic heterocycles. The Hall–Kier alpha value is -2.16. The molecular weight excluding hydrogens is 202 g/mol. The second-order valence-electron chi connectivity index (χ2n) is 3.66. The molecule has 0 aliphatic carbocycles. The molecule has 0 N–H and O–H groups in total. The van der Waals surface area contributed by atoms with Crippen molar-refractivity contribution in [2.24, 2.45) is 0 Å². The van der Waals surface area contributed by atoms with E-state index in [1.165, 1.54) is 0 Å². The summed E-state index contributed by atoms with van der Waals surface area (Å²) in [5.41, 5.74) is 2.47. The van der Waals surface area contributed by atoms with Crippen LogP contribution in [-0.2, 0) is 4.74 Å². The first-order valence-electron chi connectivity index (χ1n) is 5.06. The van der Waals surface area contributed by atoms with Crippen LogP contribution in [0.2, 0.25) is 0 Å². The second kappa shape index (κ2) is 3.45. The highest BCUT2D eigenvalue weighted by Crippen LogP contribution is 2.34. The smallest absolute Gasteiger partial charge is 0.339 e. The summed E-state index contributed by atoms with van der Waals surface area (Å²) < 4.78 is 5.34. The fourth-order valence-electron chi connectivity index (χ4n) is 1.92. The first-order chi connectivity index (χ1) is 7.86. The van der Waals surface area contributed by atoms with Crippen LogP contribution in [0.25, 0.3) is 0 Å². The van der Waals surface area contributed by atoms with E-state index in [9.17, 15) is 4.79 Å². The number of esters is 1. The molecule has 1 unspecified atom stereocenters. The Morgan fingerprint density at radius 1 is 1.12 bits per heavy atom. The number of carbonyl (C=O) groups excluding carboxylic acids is 1. The molecule has 1 aromatic carbocycles. The average molecular weight is 211 g/mol. The maximum absolute atomic E-state index is 11.6. The molecule has 1 aromatic heterocycles. The zero-order valence-electron chi connectivity index (χ0n) is 8.46. The fourth-order valence-corrected chi connectivity index (χ4v) is 1.92. The monoisotopic (exact) mass is 211 g/mol. The number of fused-ring (bicyclic) bond motifs is 1. The van der Waals surface area contributed by atoms with Gasteiger partial charge in [0.25, 0.3) is 0 Å². The van der Waals surface area contributed by atoms with Gasteiger partial charge in [0, 0.05) is 23.5 Å². The normalized spacial score (nSPS) is 18.0. The van der Waals surface area contributed by atoms with Crippen LogP contribution in [-0.4, -0.2) is 11.0 Å². The van der Waals surface area contributed by atoms with Crippen molar-refractivity contribution in [1.29, 1.82) is 0 Å². The highest BCUT2D eigenvalue weighted by Gasteiger charge is 2.31. The summed E-state index contributed by atoms with van der Waals surface area (Å²) in [4.78, 5) is 15.6. The lowest BCUT2D eigenvalue weighted by atomic mass is 10.0. The van der Waals surface area contributed by atoms with Crippen molar-refractivity contribution in [3.63, 3.8) is 0 Å². The van der Waals surface area contributed by atoms with Crippen LogP contribution in [0.15, 0.2) is 48.8 Å². The van der Waals surface area contributed by atoms with Crippen LogP contribution in [0.4, 0.5) is 0 Å². The van der Waals surface area contributed by atoms with E-state index in [4.69, 9.17) is 4.74 Å². The molecule has 1 atom stereocenters. The van der Waals surface area contributed by atoms with E-state index in [-0.39, 0.29) is 12.1 Å². The largest absolute Gasteiger partial charge is 0.449 e. The van der Waals surface area contributed by atoms with Gasteiger partial charge in [0.1, 0.15) is 0 Å². The number of cyclic esters (lactones) is 1. The number of nitrogens with zero attached hydrogens (tertiary/aromatic N) is 1. The van der Waals surface area contributed by atoms with Gasteiger partial charge in [-0.2, -0.15) is 0 Å². The third-order valence-electron chi connectivity index (χ3n) is 2.68. The quantitative estimate of drug-likeness (QED) is 0.679. The van der Waals surface area contributed by atoms with Gasteiger partial charge in [-0.3, -0.25) is 4.98 Å². The number of ether oxygens (including phenoxy) is 1. The highest BCUT2D eigenvalue weighted by atomic mass is 16.5. The van der Waals surface area contributed by atoms with Crippen molar-refractivity contribution in [3.8, 4) is 0 Å². The number of rotatable bonds is 1. The van der Waals surface area contributed by atoms with Crippen molar-refractivity contribution in [3.05, 3.63) is 65.5 Å². The Labute approximate surface area is 92.7 Å². The Balaban J connectivity index is 2.11. The lowest BCUT2D eigenvalue weighted by Crippen LogP contribution is -2.00. The number of pyridine rings is 1. The van der Waals surface area contributed by atoms with Gasteiger partial charge in [-0.25, -0.2) is 4.79 Å². The number of hydrogen-bond acceptors (Lipinski definition) is 3. The Morgan fingerprint density at radius 2 is 2.00 bits per heavy atom. The zero-order chi connectivity index (χ0) is 11.0. The summed E-state index contributed by atoms with van der Waals surface area (Å²) in [6.07, 6.45) is 3.11. The minimum atomic E-state index is -0.308. The van der Waals surface area contributed by atoms with E-state index in [1.807, 2.05) is 30.3 Å². The highest BCUT2D eigenvalue weighted by molar-refractivity contribution is 5.94. The van der Waals surface area contributed by atoms with Crippen LogP contribution in [0.3, 0.4) is 0 Å². The van der Waals surface area contributed by atoms with E-state index < -0.39 is 0 Å². The molecule has 78 valence electrons. The lowest BCUT2D eigenvalue weighted by molar-refractivity contribution is 0.0455. The molecule has 3 nitrogen and oxygen atoms in total. The van der Waals surface area contributed by atoms with E-state index in [2.05, 4.69) is 4.98 Å². The molecule has 0 bridgehead atoms. The third-order valence-corrected chi connectivity index (χ3v) is 2.68. The number of hydrogen-bond donors (Lipinski definition) is 0. The Bertz CT molecular complexity index is 537. The number of carbonyl (C=O) groups is 1. The van der Waals surface area contributed by atoms with Crippen LogP contribution < -0.4 is 0 Å². The summed E-state index contributed by atoms with van der Waals surface area (Å²) >= 11 is 0. The van der Waals surface area contributed by atoms with Gasteiger partial charge >= 0.3 is 5.97 Å². The summed E-state index contributed by atoms with van der Waals surface area (Å²) in [6.45, 7) is 0. The van der Waals surface area contributed by atoms with Crippen molar-refractivity contribution >= 4 is 5.97 Å². The number of benzene rings is 1. The molecule has 0 amide bonds. The summed E-state index contributed by atoms with van der Waals surface area (Å²) in [5, 5.41) is 0. The van der Waals surface area contributed by atoms with Gasteiger partial charge in [-0.1, -0.05) is 24.3 Å². The lowest BCUT2D eigenvalue weighted by Gasteiger charge is -2.09. The molecule has 3 heteroatoms. The molecule has 1 aliphatic rings. The predicted molar refractivity (Wildman–Crippen MR) is 57.9 cm³/mol. The van der Waals surface area contributed by atoms with Crippen molar-refractivity contribution in [2.75, 3.05) is 0 Å². The maximum Gasteiger partial charge on any atom is 0.339 e. The summed E-state index contributed by atoms with van der Waals surface area (Å²) in [6, 6.07) is 11.2. The third kappa shape index (κ3) is 1.29. The minimum absolute atomic E-state index is 0.260. The maximum atomic E-state index is 11.6. The molecule has 2 heterocycles. The van der Waals surface area contributed by atoms with E-state index in [0.717, 1.165) is 11.1 Å². The standard InChI is InChI=1S/C13H9NO2/c15-13-11-6-2-1-5-10(11)12(16-13)9-4-3-7-14-8-9/h1-8,12H. The summed E-state index contributed by atoms with van der Waals surface area (Å²) in [7, 11) is 0. The van der Waals surface area contributed by atoms with Gasteiger partial charge < -0.3 is 4.74 Å². The molecule has 0 spiro atoms. The van der Waals surface area contributed by atoms with Gasteiger partial charge in [0.2, 0.25) is 0 Å². The Morgan fingerprint density at radius 3 is 2.81 bits per heavy atom. The van der Waals surface area contributed by atoms with Crippen LogP contribution in [0.5, 0.6) is 0 Å². The average Bonchev–Trinajstić information content (AvgIpc) is 2.69. The Kier molecular flexibility index (Phi) is 1.96. The van der Waals surface area contributed by atoms with Crippen LogP contribution in [0, 0.1) is 0 Å². The molecule has 0 saturated carbocycles. The molecule has 2 aromatic rings. The number of aromatic nitrogens is 1. The van der Waals surface area contributed by atoms with Gasteiger partial charge in [-0.15, -0.1) is 0 Å².